The summed E-state index contributed by atoms with van der Waals surface area (Å²) < 4.78 is 0.759. The van der Waals surface area contributed by atoms with Crippen molar-refractivity contribution in [3.8, 4) is 0 Å². The first-order chi connectivity index (χ1) is 9.11. The van der Waals surface area contributed by atoms with Crippen LogP contribution in [0.2, 0.25) is 5.02 Å². The molecule has 0 radical (unpaired) electrons. The molecule has 0 aromatic heterocycles. The molecular formula is C14H16BrCl2NO. The number of benzene rings is 1. The highest BCUT2D eigenvalue weighted by atomic mass is 79.9. The second kappa shape index (κ2) is 6.96. The van der Waals surface area contributed by atoms with Crippen LogP contribution in [0.25, 0.3) is 0 Å². The normalized spacial score (nSPS) is 22.5. The van der Waals surface area contributed by atoms with Crippen LogP contribution >= 0.6 is 39.1 Å². The maximum atomic E-state index is 12.1. The third kappa shape index (κ3) is 3.87. The predicted molar refractivity (Wildman–Crippen MR) is 83.0 cm³/mol. The molecule has 104 valence electrons. The van der Waals surface area contributed by atoms with Crippen molar-refractivity contribution in [1.82, 2.24) is 5.32 Å². The minimum atomic E-state index is -0.0883. The molecule has 2 nitrogen and oxygen atoms in total. The van der Waals surface area contributed by atoms with Crippen molar-refractivity contribution in [3.63, 3.8) is 0 Å². The minimum Gasteiger partial charge on any atom is -0.352 e. The van der Waals surface area contributed by atoms with E-state index in [0.717, 1.165) is 10.9 Å². The van der Waals surface area contributed by atoms with Gasteiger partial charge in [-0.2, -0.15) is 0 Å². The van der Waals surface area contributed by atoms with Crippen molar-refractivity contribution in [3.05, 3.63) is 33.3 Å². The molecule has 0 aliphatic heterocycles. The van der Waals surface area contributed by atoms with Gasteiger partial charge in [-0.05, 0) is 58.8 Å². The Bertz CT molecular complexity index is 467. The van der Waals surface area contributed by atoms with Gasteiger partial charge in [-0.3, -0.25) is 4.79 Å². The Morgan fingerprint density at radius 2 is 2.11 bits per heavy atom. The summed E-state index contributed by atoms with van der Waals surface area (Å²) in [5.74, 6) is 1.63. The van der Waals surface area contributed by atoms with Gasteiger partial charge in [-0.1, -0.05) is 18.0 Å². The van der Waals surface area contributed by atoms with E-state index in [-0.39, 0.29) is 5.91 Å². The van der Waals surface area contributed by atoms with Crippen molar-refractivity contribution < 1.29 is 4.79 Å². The lowest BCUT2D eigenvalue weighted by atomic mass is 9.98. The van der Waals surface area contributed by atoms with Gasteiger partial charge in [0.1, 0.15) is 0 Å². The molecule has 0 spiro atoms. The molecule has 2 unspecified atom stereocenters. The van der Waals surface area contributed by atoms with Crippen LogP contribution in [-0.4, -0.2) is 18.3 Å². The fraction of sp³-hybridized carbons (Fsp3) is 0.500. The average Bonchev–Trinajstić information content (AvgIpc) is 2.86. The monoisotopic (exact) mass is 363 g/mol. The smallest absolute Gasteiger partial charge is 0.252 e. The zero-order chi connectivity index (χ0) is 13.8. The Morgan fingerprint density at radius 1 is 1.37 bits per heavy atom. The number of halogens is 3. The van der Waals surface area contributed by atoms with E-state index in [9.17, 15) is 4.79 Å². The standard InChI is InChI=1S/C14H16BrCl2NO/c15-13-5-4-11(17)6-12(13)14(19)18-8-10-3-1-2-9(10)7-16/h4-6,9-10H,1-3,7-8H2,(H,18,19). The lowest BCUT2D eigenvalue weighted by molar-refractivity contribution is 0.0944. The molecule has 1 aliphatic rings. The molecule has 0 saturated heterocycles. The molecule has 2 atom stereocenters. The second-order valence-corrected chi connectivity index (χ2v) is 6.54. The Hall–Kier alpha value is -0.250. The van der Waals surface area contributed by atoms with Gasteiger partial charge in [0.25, 0.3) is 5.91 Å². The van der Waals surface area contributed by atoms with Crippen molar-refractivity contribution in [2.45, 2.75) is 19.3 Å². The van der Waals surface area contributed by atoms with E-state index in [1.165, 1.54) is 12.8 Å². The topological polar surface area (TPSA) is 29.1 Å². The highest BCUT2D eigenvalue weighted by Gasteiger charge is 2.26. The zero-order valence-corrected chi connectivity index (χ0v) is 13.6. The van der Waals surface area contributed by atoms with Gasteiger partial charge in [0.05, 0.1) is 5.56 Å². The third-order valence-corrected chi connectivity index (χ3v) is 5.04. The summed E-state index contributed by atoms with van der Waals surface area (Å²) >= 11 is 15.2. The average molecular weight is 365 g/mol. The first kappa shape index (κ1) is 15.1. The predicted octanol–water partition coefficient (Wildman–Crippen LogP) is 4.49. The lowest BCUT2D eigenvalue weighted by Crippen LogP contribution is -2.31. The zero-order valence-electron chi connectivity index (χ0n) is 10.5. The molecule has 1 fully saturated rings. The van der Waals surface area contributed by atoms with E-state index in [2.05, 4.69) is 21.2 Å². The van der Waals surface area contributed by atoms with E-state index < -0.39 is 0 Å². The molecule has 0 heterocycles. The van der Waals surface area contributed by atoms with Gasteiger partial charge in [0, 0.05) is 21.9 Å². The van der Waals surface area contributed by atoms with Gasteiger partial charge >= 0.3 is 0 Å². The summed E-state index contributed by atoms with van der Waals surface area (Å²) in [5, 5.41) is 3.55. The Morgan fingerprint density at radius 3 is 2.84 bits per heavy atom. The number of alkyl halides is 1. The first-order valence-electron chi connectivity index (χ1n) is 6.41. The highest BCUT2D eigenvalue weighted by molar-refractivity contribution is 9.10. The molecule has 1 saturated carbocycles. The van der Waals surface area contributed by atoms with Crippen LogP contribution in [-0.2, 0) is 0 Å². The Kier molecular flexibility index (Phi) is 5.55. The number of hydrogen-bond donors (Lipinski definition) is 1. The Balaban J connectivity index is 1.96. The fourth-order valence-corrected chi connectivity index (χ4v) is 3.58. The summed E-state index contributed by atoms with van der Waals surface area (Å²) in [7, 11) is 0. The Labute approximate surface area is 132 Å². The number of carbonyl (C=O) groups excluding carboxylic acids is 1. The van der Waals surface area contributed by atoms with Crippen LogP contribution in [0.15, 0.2) is 22.7 Å². The van der Waals surface area contributed by atoms with Crippen molar-refractivity contribution in [2.75, 3.05) is 12.4 Å². The summed E-state index contributed by atoms with van der Waals surface area (Å²) in [6.45, 7) is 0.690. The van der Waals surface area contributed by atoms with Gasteiger partial charge in [0.15, 0.2) is 0 Å². The number of amides is 1. The van der Waals surface area contributed by atoms with E-state index in [4.69, 9.17) is 23.2 Å². The molecule has 1 N–H and O–H groups in total. The maximum Gasteiger partial charge on any atom is 0.252 e. The minimum absolute atomic E-state index is 0.0883. The van der Waals surface area contributed by atoms with Crippen molar-refractivity contribution in [1.29, 1.82) is 0 Å². The summed E-state index contributed by atoms with van der Waals surface area (Å²) in [4.78, 5) is 12.1. The largest absolute Gasteiger partial charge is 0.352 e. The molecule has 5 heteroatoms. The number of carbonyl (C=O) groups is 1. The van der Waals surface area contributed by atoms with Crippen LogP contribution in [0, 0.1) is 11.8 Å². The first-order valence-corrected chi connectivity index (χ1v) is 8.11. The second-order valence-electron chi connectivity index (χ2n) is 4.94. The van der Waals surface area contributed by atoms with E-state index in [1.807, 2.05) is 0 Å². The van der Waals surface area contributed by atoms with Crippen LogP contribution in [0.1, 0.15) is 29.6 Å². The van der Waals surface area contributed by atoms with Crippen LogP contribution in [0.3, 0.4) is 0 Å². The van der Waals surface area contributed by atoms with Gasteiger partial charge in [-0.25, -0.2) is 0 Å². The van der Waals surface area contributed by atoms with Crippen molar-refractivity contribution in [2.24, 2.45) is 11.8 Å². The van der Waals surface area contributed by atoms with Crippen LogP contribution in [0.5, 0.6) is 0 Å². The molecule has 19 heavy (non-hydrogen) atoms. The SMILES string of the molecule is O=C(NCC1CCCC1CCl)c1cc(Cl)ccc1Br. The summed E-state index contributed by atoms with van der Waals surface area (Å²) in [5.41, 5.74) is 0.577. The van der Waals surface area contributed by atoms with Gasteiger partial charge in [0.2, 0.25) is 0 Å². The summed E-state index contributed by atoms with van der Waals surface area (Å²) in [6.07, 6.45) is 3.53. The number of nitrogens with one attached hydrogen (secondary N) is 1. The van der Waals surface area contributed by atoms with Crippen LogP contribution < -0.4 is 5.32 Å². The van der Waals surface area contributed by atoms with E-state index in [0.29, 0.717) is 34.8 Å². The summed E-state index contributed by atoms with van der Waals surface area (Å²) in [6, 6.07) is 5.21. The molecule has 2 rings (SSSR count). The lowest BCUT2D eigenvalue weighted by Gasteiger charge is -2.17. The highest BCUT2D eigenvalue weighted by Crippen LogP contribution is 2.32. The molecule has 1 aromatic carbocycles. The van der Waals surface area contributed by atoms with Crippen LogP contribution in [0.4, 0.5) is 0 Å². The maximum absolute atomic E-state index is 12.1. The van der Waals surface area contributed by atoms with Gasteiger partial charge < -0.3 is 5.32 Å². The quantitative estimate of drug-likeness (QED) is 0.783. The number of hydrogen-bond acceptors (Lipinski definition) is 1. The molecule has 1 aliphatic carbocycles. The molecular weight excluding hydrogens is 349 g/mol. The van der Waals surface area contributed by atoms with Crippen molar-refractivity contribution >= 4 is 45.0 Å². The van der Waals surface area contributed by atoms with E-state index in [1.54, 1.807) is 18.2 Å². The number of rotatable bonds is 4. The van der Waals surface area contributed by atoms with E-state index >= 15 is 0 Å². The third-order valence-electron chi connectivity index (χ3n) is 3.71. The molecule has 1 amide bonds. The molecule has 1 aromatic rings. The fourth-order valence-electron chi connectivity index (χ4n) is 2.58. The van der Waals surface area contributed by atoms with Gasteiger partial charge in [-0.15, -0.1) is 11.6 Å². The molecule has 0 bridgehead atoms.